The Bertz CT molecular complexity index is 1130. The van der Waals surface area contributed by atoms with Gasteiger partial charge in [-0.15, -0.1) is 0 Å². The summed E-state index contributed by atoms with van der Waals surface area (Å²) in [6, 6.07) is 20.3. The molecule has 0 radical (unpaired) electrons. The van der Waals surface area contributed by atoms with Crippen molar-refractivity contribution < 1.29 is 9.59 Å². The lowest BCUT2D eigenvalue weighted by molar-refractivity contribution is 0.101. The summed E-state index contributed by atoms with van der Waals surface area (Å²) in [6.45, 7) is 1.50. The molecule has 0 aliphatic rings. The third kappa shape index (κ3) is 3.35. The van der Waals surface area contributed by atoms with Gasteiger partial charge in [-0.2, -0.15) is 5.10 Å². The maximum Gasteiger partial charge on any atom is 0.261 e. The second-order valence-electron chi connectivity index (χ2n) is 6.31. The van der Waals surface area contributed by atoms with Crippen LogP contribution in [0.25, 0.3) is 11.5 Å². The van der Waals surface area contributed by atoms with Gasteiger partial charge in [-0.25, -0.2) is 4.68 Å². The summed E-state index contributed by atoms with van der Waals surface area (Å²) in [5.74, 6) is 0.282. The molecule has 4 rings (SSSR count). The third-order valence-corrected chi connectivity index (χ3v) is 4.37. The smallest absolute Gasteiger partial charge is 0.261 e. The number of aromatic nitrogens is 3. The standard InChI is InChI=1S/C22H18N4O2/c1-16(27)17-8-7-9-18(14-17)24-21(28)20-15-23-26(19-10-3-2-4-11-19)22(20)25-12-5-6-13-25/h2-15H,1H3,(H,24,28). The summed E-state index contributed by atoms with van der Waals surface area (Å²) in [7, 11) is 0. The predicted molar refractivity (Wildman–Crippen MR) is 107 cm³/mol. The molecule has 1 N–H and O–H groups in total. The van der Waals surface area contributed by atoms with E-state index in [4.69, 9.17) is 0 Å². The fraction of sp³-hybridized carbons (Fsp3) is 0.0455. The van der Waals surface area contributed by atoms with Gasteiger partial charge in [0.05, 0.1) is 11.9 Å². The highest BCUT2D eigenvalue weighted by Crippen LogP contribution is 2.21. The highest BCUT2D eigenvalue weighted by Gasteiger charge is 2.20. The van der Waals surface area contributed by atoms with Crippen molar-refractivity contribution in [2.24, 2.45) is 0 Å². The van der Waals surface area contributed by atoms with Crippen LogP contribution in [-0.4, -0.2) is 26.0 Å². The zero-order chi connectivity index (χ0) is 19.5. The van der Waals surface area contributed by atoms with Gasteiger partial charge in [0.25, 0.3) is 5.91 Å². The van der Waals surface area contributed by atoms with Gasteiger partial charge >= 0.3 is 0 Å². The first kappa shape index (κ1) is 17.5. The molecule has 0 aliphatic carbocycles. The molecule has 4 aromatic rings. The number of anilines is 1. The van der Waals surface area contributed by atoms with Crippen LogP contribution in [-0.2, 0) is 0 Å². The van der Waals surface area contributed by atoms with E-state index in [-0.39, 0.29) is 11.7 Å². The first-order chi connectivity index (χ1) is 13.6. The largest absolute Gasteiger partial charge is 0.322 e. The summed E-state index contributed by atoms with van der Waals surface area (Å²) >= 11 is 0. The molecule has 2 aromatic heterocycles. The molecule has 0 saturated heterocycles. The number of para-hydroxylation sites is 1. The van der Waals surface area contributed by atoms with Crippen molar-refractivity contribution in [3.05, 3.63) is 96.4 Å². The van der Waals surface area contributed by atoms with Crippen molar-refractivity contribution in [2.45, 2.75) is 6.92 Å². The Balaban J connectivity index is 1.74. The van der Waals surface area contributed by atoms with E-state index in [1.807, 2.05) is 59.4 Å². The van der Waals surface area contributed by atoms with Gasteiger partial charge in [0.2, 0.25) is 0 Å². The first-order valence-electron chi connectivity index (χ1n) is 8.82. The second kappa shape index (κ2) is 7.36. The Labute approximate surface area is 162 Å². The summed E-state index contributed by atoms with van der Waals surface area (Å²) in [5.41, 5.74) is 2.38. The minimum Gasteiger partial charge on any atom is -0.322 e. The normalized spacial score (nSPS) is 10.6. The van der Waals surface area contributed by atoms with Crippen LogP contribution in [0.15, 0.2) is 85.3 Å². The Morgan fingerprint density at radius 1 is 0.929 bits per heavy atom. The molecule has 0 fully saturated rings. The summed E-state index contributed by atoms with van der Waals surface area (Å²) in [5, 5.41) is 7.29. The molecule has 2 aromatic carbocycles. The molecule has 0 unspecified atom stereocenters. The van der Waals surface area contributed by atoms with Crippen LogP contribution in [0.1, 0.15) is 27.6 Å². The highest BCUT2D eigenvalue weighted by atomic mass is 16.1. The monoisotopic (exact) mass is 370 g/mol. The number of carbonyl (C=O) groups excluding carboxylic acids is 2. The zero-order valence-corrected chi connectivity index (χ0v) is 15.2. The van der Waals surface area contributed by atoms with E-state index in [1.165, 1.54) is 6.92 Å². The van der Waals surface area contributed by atoms with Gasteiger partial charge in [0, 0.05) is 23.6 Å². The Morgan fingerprint density at radius 3 is 2.39 bits per heavy atom. The number of benzene rings is 2. The SMILES string of the molecule is CC(=O)c1cccc(NC(=O)c2cnn(-c3ccccc3)c2-n2cccc2)c1. The molecule has 1 amide bonds. The first-order valence-corrected chi connectivity index (χ1v) is 8.82. The number of hydrogen-bond donors (Lipinski definition) is 1. The van der Waals surface area contributed by atoms with Gasteiger partial charge in [0.1, 0.15) is 5.56 Å². The average molecular weight is 370 g/mol. The number of hydrogen-bond acceptors (Lipinski definition) is 3. The maximum atomic E-state index is 13.0. The van der Waals surface area contributed by atoms with Gasteiger partial charge in [-0.1, -0.05) is 30.3 Å². The zero-order valence-electron chi connectivity index (χ0n) is 15.2. The molecule has 0 atom stereocenters. The second-order valence-corrected chi connectivity index (χ2v) is 6.31. The van der Waals surface area contributed by atoms with Crippen molar-refractivity contribution in [2.75, 3.05) is 5.32 Å². The van der Waals surface area contributed by atoms with E-state index >= 15 is 0 Å². The van der Waals surface area contributed by atoms with E-state index in [2.05, 4.69) is 10.4 Å². The van der Waals surface area contributed by atoms with E-state index in [9.17, 15) is 9.59 Å². The van der Waals surface area contributed by atoms with Crippen molar-refractivity contribution in [3.8, 4) is 11.5 Å². The third-order valence-electron chi connectivity index (χ3n) is 4.37. The van der Waals surface area contributed by atoms with Crippen molar-refractivity contribution in [1.82, 2.24) is 14.3 Å². The molecule has 0 spiro atoms. The molecule has 0 saturated carbocycles. The maximum absolute atomic E-state index is 13.0. The molecule has 0 aliphatic heterocycles. The van der Waals surface area contributed by atoms with E-state index < -0.39 is 0 Å². The lowest BCUT2D eigenvalue weighted by atomic mass is 10.1. The molecule has 2 heterocycles. The predicted octanol–water partition coefficient (Wildman–Crippen LogP) is 4.12. The number of nitrogens with zero attached hydrogens (tertiary/aromatic N) is 3. The van der Waals surface area contributed by atoms with Gasteiger partial charge in [-0.05, 0) is 43.3 Å². The fourth-order valence-electron chi connectivity index (χ4n) is 3.00. The van der Waals surface area contributed by atoms with Crippen molar-refractivity contribution >= 4 is 17.4 Å². The van der Waals surface area contributed by atoms with Crippen LogP contribution in [0.3, 0.4) is 0 Å². The lowest BCUT2D eigenvalue weighted by Crippen LogP contribution is -2.15. The molecule has 28 heavy (non-hydrogen) atoms. The number of ketones is 1. The lowest BCUT2D eigenvalue weighted by Gasteiger charge is -2.11. The Morgan fingerprint density at radius 2 is 1.68 bits per heavy atom. The quantitative estimate of drug-likeness (QED) is 0.537. The topological polar surface area (TPSA) is 68.9 Å². The van der Waals surface area contributed by atoms with Crippen LogP contribution in [0, 0.1) is 0 Å². The number of Topliss-reactive ketones (excluding diaryl/α,β-unsaturated/α-hetero) is 1. The molecule has 0 bridgehead atoms. The fourth-order valence-corrected chi connectivity index (χ4v) is 3.00. The van der Waals surface area contributed by atoms with Crippen LogP contribution in [0.5, 0.6) is 0 Å². The number of nitrogens with one attached hydrogen (secondary N) is 1. The highest BCUT2D eigenvalue weighted by molar-refractivity contribution is 6.07. The number of carbonyl (C=O) groups is 2. The Kier molecular flexibility index (Phi) is 4.60. The summed E-state index contributed by atoms with van der Waals surface area (Å²) in [4.78, 5) is 24.6. The van der Waals surface area contributed by atoms with Crippen LogP contribution in [0.4, 0.5) is 5.69 Å². The number of amides is 1. The molecule has 6 heteroatoms. The summed E-state index contributed by atoms with van der Waals surface area (Å²) in [6.07, 6.45) is 5.28. The van der Waals surface area contributed by atoms with E-state index in [1.54, 1.807) is 35.1 Å². The van der Waals surface area contributed by atoms with Gasteiger partial charge < -0.3 is 9.88 Å². The Hall–Kier alpha value is -3.93. The van der Waals surface area contributed by atoms with E-state index in [0.29, 0.717) is 22.6 Å². The molecular weight excluding hydrogens is 352 g/mol. The molecule has 138 valence electrons. The van der Waals surface area contributed by atoms with Crippen LogP contribution >= 0.6 is 0 Å². The van der Waals surface area contributed by atoms with Gasteiger partial charge in [0.15, 0.2) is 11.6 Å². The summed E-state index contributed by atoms with van der Waals surface area (Å²) < 4.78 is 3.57. The molecule has 6 nitrogen and oxygen atoms in total. The van der Waals surface area contributed by atoms with Crippen LogP contribution < -0.4 is 5.32 Å². The number of rotatable bonds is 5. The van der Waals surface area contributed by atoms with Crippen molar-refractivity contribution in [3.63, 3.8) is 0 Å². The minimum atomic E-state index is -0.299. The van der Waals surface area contributed by atoms with Gasteiger partial charge in [-0.3, -0.25) is 9.59 Å². The van der Waals surface area contributed by atoms with Crippen LogP contribution in [0.2, 0.25) is 0 Å². The van der Waals surface area contributed by atoms with Crippen molar-refractivity contribution in [1.29, 1.82) is 0 Å². The molecular formula is C22H18N4O2. The minimum absolute atomic E-state index is 0.0546. The van der Waals surface area contributed by atoms with E-state index in [0.717, 1.165) is 5.69 Å². The average Bonchev–Trinajstić information content (AvgIpc) is 3.38.